The molecule has 0 saturated carbocycles. The van der Waals surface area contributed by atoms with E-state index in [-0.39, 0.29) is 25.5 Å². The zero-order valence-electron chi connectivity index (χ0n) is 17.7. The average Bonchev–Trinajstić information content (AvgIpc) is 2.68. The van der Waals surface area contributed by atoms with E-state index in [0.29, 0.717) is 12.8 Å². The van der Waals surface area contributed by atoms with Crippen LogP contribution in [0.25, 0.3) is 0 Å². The van der Waals surface area contributed by atoms with E-state index >= 15 is 0 Å². The molecule has 0 aliphatic heterocycles. The van der Waals surface area contributed by atoms with E-state index < -0.39 is 0 Å². The minimum absolute atomic E-state index is 0. The van der Waals surface area contributed by atoms with Gasteiger partial charge in [-0.15, -0.1) is 0 Å². The lowest BCUT2D eigenvalue weighted by atomic mass is 10.3. The average molecular weight is 401 g/mol. The van der Waals surface area contributed by atoms with Crippen molar-refractivity contribution in [3.05, 3.63) is 36.5 Å². The topological polar surface area (TPSA) is 86.7 Å². The van der Waals surface area contributed by atoms with E-state index in [1.165, 1.54) is 27.1 Å². The fourth-order valence-electron chi connectivity index (χ4n) is 1.19. The SMILES string of the molecule is C.CC/C=C\CC(=O)OC.CCC=CCC.CCC=CCC(=O)OC.O=C=O. The summed E-state index contributed by atoms with van der Waals surface area (Å²) in [6.07, 6.45) is 17.2. The van der Waals surface area contributed by atoms with Crippen LogP contribution in [0, 0.1) is 0 Å². The van der Waals surface area contributed by atoms with Crippen LogP contribution < -0.4 is 0 Å². The van der Waals surface area contributed by atoms with Crippen molar-refractivity contribution in [1.29, 1.82) is 0 Å². The van der Waals surface area contributed by atoms with E-state index in [2.05, 4.69) is 35.5 Å². The van der Waals surface area contributed by atoms with E-state index in [1.807, 2.05) is 38.2 Å². The van der Waals surface area contributed by atoms with Crippen molar-refractivity contribution in [3.8, 4) is 0 Å². The Morgan fingerprint density at radius 3 is 1.04 bits per heavy atom. The molecule has 0 aromatic carbocycles. The Morgan fingerprint density at radius 2 is 0.857 bits per heavy atom. The zero-order valence-corrected chi connectivity index (χ0v) is 17.7. The first-order chi connectivity index (χ1) is 12.9. The maximum atomic E-state index is 10.4. The molecular formula is C22H40O6. The molecule has 6 nitrogen and oxygen atoms in total. The summed E-state index contributed by atoms with van der Waals surface area (Å²) in [5.74, 6) is -0.362. The Labute approximate surface area is 171 Å². The largest absolute Gasteiger partial charge is 0.469 e. The van der Waals surface area contributed by atoms with Crippen LogP contribution in [0.15, 0.2) is 36.5 Å². The molecule has 0 aliphatic carbocycles. The number of esters is 2. The van der Waals surface area contributed by atoms with Gasteiger partial charge in [-0.05, 0) is 25.7 Å². The van der Waals surface area contributed by atoms with E-state index in [0.717, 1.165) is 12.8 Å². The molecule has 0 spiro atoms. The Morgan fingerprint density at radius 1 is 0.643 bits per heavy atom. The van der Waals surface area contributed by atoms with Crippen LogP contribution in [0.4, 0.5) is 0 Å². The predicted molar refractivity (Wildman–Crippen MR) is 114 cm³/mol. The normalized spacial score (nSPS) is 8.93. The van der Waals surface area contributed by atoms with Gasteiger partial charge in [-0.25, -0.2) is 0 Å². The molecule has 0 saturated heterocycles. The van der Waals surface area contributed by atoms with Crippen LogP contribution in [0.1, 0.15) is 73.6 Å². The third kappa shape index (κ3) is 56.6. The molecule has 0 radical (unpaired) electrons. The molecule has 0 N–H and O–H groups in total. The highest BCUT2D eigenvalue weighted by atomic mass is 16.5. The minimum atomic E-state index is -0.181. The minimum Gasteiger partial charge on any atom is -0.469 e. The Bertz CT molecular complexity index is 396. The molecule has 0 heterocycles. The maximum absolute atomic E-state index is 10.4. The van der Waals surface area contributed by atoms with Gasteiger partial charge >= 0.3 is 18.1 Å². The van der Waals surface area contributed by atoms with Gasteiger partial charge in [0.25, 0.3) is 0 Å². The van der Waals surface area contributed by atoms with E-state index in [9.17, 15) is 9.59 Å². The highest BCUT2D eigenvalue weighted by Crippen LogP contribution is 1.88. The molecule has 0 bridgehead atoms. The van der Waals surface area contributed by atoms with Gasteiger partial charge in [-0.3, -0.25) is 9.59 Å². The van der Waals surface area contributed by atoms with Crippen LogP contribution in [0.5, 0.6) is 0 Å². The molecule has 0 aromatic heterocycles. The number of rotatable bonds is 8. The summed E-state index contributed by atoms with van der Waals surface area (Å²) in [5.41, 5.74) is 0. The van der Waals surface area contributed by atoms with Gasteiger partial charge < -0.3 is 9.47 Å². The summed E-state index contributed by atoms with van der Waals surface area (Å²) in [4.78, 5) is 37.1. The van der Waals surface area contributed by atoms with Crippen LogP contribution in [0.2, 0.25) is 0 Å². The molecular weight excluding hydrogens is 360 g/mol. The van der Waals surface area contributed by atoms with E-state index in [1.54, 1.807) is 0 Å². The molecule has 0 atom stereocenters. The van der Waals surface area contributed by atoms with Gasteiger partial charge in [0.1, 0.15) is 0 Å². The van der Waals surface area contributed by atoms with E-state index in [4.69, 9.17) is 9.59 Å². The summed E-state index contributed by atoms with van der Waals surface area (Å²) < 4.78 is 8.81. The number of methoxy groups -OCH3 is 2. The van der Waals surface area contributed by atoms with Gasteiger partial charge in [-0.1, -0.05) is 71.6 Å². The zero-order chi connectivity index (χ0) is 21.8. The number of carbonyl (C=O) groups excluding carboxylic acids is 4. The van der Waals surface area contributed by atoms with Gasteiger partial charge in [0, 0.05) is 0 Å². The summed E-state index contributed by atoms with van der Waals surface area (Å²) in [6, 6.07) is 0. The quantitative estimate of drug-likeness (QED) is 0.398. The molecule has 6 heteroatoms. The molecule has 0 aromatic rings. The highest BCUT2D eigenvalue weighted by molar-refractivity contribution is 5.71. The van der Waals surface area contributed by atoms with Crippen LogP contribution in [-0.4, -0.2) is 32.3 Å². The Kier molecular flexibility index (Phi) is 51.5. The summed E-state index contributed by atoms with van der Waals surface area (Å²) in [5, 5.41) is 0. The molecule has 28 heavy (non-hydrogen) atoms. The molecule has 0 aliphatic rings. The van der Waals surface area contributed by atoms with Crippen molar-refractivity contribution in [1.82, 2.24) is 0 Å². The number of ether oxygens (including phenoxy) is 2. The molecule has 0 rings (SSSR count). The molecule has 0 fully saturated rings. The first-order valence-corrected chi connectivity index (χ1v) is 9.03. The lowest BCUT2D eigenvalue weighted by Gasteiger charge is -1.90. The number of carbonyl (C=O) groups is 2. The monoisotopic (exact) mass is 400 g/mol. The van der Waals surface area contributed by atoms with Crippen LogP contribution in [-0.2, 0) is 28.7 Å². The fourth-order valence-corrected chi connectivity index (χ4v) is 1.19. The highest BCUT2D eigenvalue weighted by Gasteiger charge is 1.92. The first kappa shape index (κ1) is 36.5. The predicted octanol–water partition coefficient (Wildman–Crippen LogP) is 5.45. The van der Waals surface area contributed by atoms with Gasteiger partial charge in [0.15, 0.2) is 0 Å². The maximum Gasteiger partial charge on any atom is 0.373 e. The summed E-state index contributed by atoms with van der Waals surface area (Å²) in [7, 11) is 2.78. The second-order valence-corrected chi connectivity index (χ2v) is 4.69. The van der Waals surface area contributed by atoms with Crippen molar-refractivity contribution in [3.63, 3.8) is 0 Å². The summed E-state index contributed by atoms with van der Waals surface area (Å²) >= 11 is 0. The van der Waals surface area contributed by atoms with Crippen molar-refractivity contribution >= 4 is 18.1 Å². The number of allylic oxidation sites excluding steroid dienone is 4. The number of hydrogen-bond donors (Lipinski definition) is 0. The summed E-state index contributed by atoms with van der Waals surface area (Å²) in [6.45, 7) is 8.33. The second-order valence-electron chi connectivity index (χ2n) is 4.69. The standard InChI is InChI=1S/2C7H12O2.C6H12.CO2.CH4/c2*1-3-4-5-6-7(8)9-2;1-3-5-6-4-2;2-1-3;/h2*4-5H,3,6H2,1-2H3;5-6H,3-4H2,1-2H3;;1H4/b5-4-;;;;. The number of hydrogen-bond acceptors (Lipinski definition) is 6. The van der Waals surface area contributed by atoms with Gasteiger partial charge in [-0.2, -0.15) is 9.59 Å². The van der Waals surface area contributed by atoms with Crippen molar-refractivity contribution in [2.45, 2.75) is 73.6 Å². The first-order valence-electron chi connectivity index (χ1n) is 9.03. The van der Waals surface area contributed by atoms with Gasteiger partial charge in [0.05, 0.1) is 27.1 Å². The Balaban J connectivity index is -0.0000000881. The molecule has 164 valence electrons. The molecule has 0 unspecified atom stereocenters. The second kappa shape index (κ2) is 39.6. The van der Waals surface area contributed by atoms with Crippen molar-refractivity contribution in [2.75, 3.05) is 14.2 Å². The fraction of sp³-hybridized carbons (Fsp3) is 0.591. The lowest BCUT2D eigenvalue weighted by molar-refractivity contribution is -0.191. The molecule has 0 amide bonds. The lowest BCUT2D eigenvalue weighted by Crippen LogP contribution is -1.96. The third-order valence-electron chi connectivity index (χ3n) is 2.47. The van der Waals surface area contributed by atoms with Crippen LogP contribution in [0.3, 0.4) is 0 Å². The third-order valence-corrected chi connectivity index (χ3v) is 2.47. The Hall–Kier alpha value is -2.46. The smallest absolute Gasteiger partial charge is 0.373 e. The van der Waals surface area contributed by atoms with Crippen LogP contribution >= 0.6 is 0 Å². The van der Waals surface area contributed by atoms with Gasteiger partial charge in [0.2, 0.25) is 0 Å². The van der Waals surface area contributed by atoms with Crippen molar-refractivity contribution in [2.24, 2.45) is 0 Å². The van der Waals surface area contributed by atoms with Crippen molar-refractivity contribution < 1.29 is 28.7 Å².